The van der Waals surface area contributed by atoms with Crippen LogP contribution in [0.1, 0.15) is 19.0 Å². The lowest BCUT2D eigenvalue weighted by atomic mass is 10.3. The van der Waals surface area contributed by atoms with Crippen LogP contribution in [0, 0.1) is 10.1 Å². The van der Waals surface area contributed by atoms with Crippen molar-refractivity contribution in [1.29, 1.82) is 0 Å². The Bertz CT molecular complexity index is 519. The molecule has 7 nitrogen and oxygen atoms in total. The highest BCUT2D eigenvalue weighted by atomic mass is 79.9. The molecule has 0 saturated carbocycles. The van der Waals surface area contributed by atoms with Gasteiger partial charge in [0.1, 0.15) is 5.69 Å². The Morgan fingerprint density at radius 1 is 1.50 bits per heavy atom. The second-order valence-electron chi connectivity index (χ2n) is 3.10. The van der Waals surface area contributed by atoms with E-state index in [9.17, 15) is 19.7 Å². The Kier molecular flexibility index (Phi) is 3.99. The van der Waals surface area contributed by atoms with E-state index in [-0.39, 0.29) is 11.0 Å². The largest absolute Gasteiger partial charge is 0.354 e. The van der Waals surface area contributed by atoms with Crippen LogP contribution >= 0.6 is 15.9 Å². The van der Waals surface area contributed by atoms with Crippen LogP contribution in [-0.2, 0) is 11.9 Å². The first-order valence-corrected chi connectivity index (χ1v) is 5.71. The zero-order valence-electron chi connectivity index (χ0n) is 8.53. The van der Waals surface area contributed by atoms with Gasteiger partial charge in [0.15, 0.2) is 0 Å². The number of H-pyrrole nitrogens is 1. The summed E-state index contributed by atoms with van der Waals surface area (Å²) in [5.74, 6) is 0. The maximum atomic E-state index is 11.4. The van der Waals surface area contributed by atoms with Gasteiger partial charge in [-0.25, -0.2) is 4.79 Å². The van der Waals surface area contributed by atoms with E-state index in [0.717, 1.165) is 0 Å². The van der Waals surface area contributed by atoms with Crippen molar-refractivity contribution in [3.05, 3.63) is 36.6 Å². The topological polar surface area (TPSA) is 98.0 Å². The van der Waals surface area contributed by atoms with E-state index in [0.29, 0.717) is 13.0 Å². The Balaban J connectivity index is 3.62. The molecule has 1 heterocycles. The molecule has 1 aromatic rings. The van der Waals surface area contributed by atoms with E-state index in [4.69, 9.17) is 0 Å². The normalized spacial score (nSPS) is 10.4. The number of rotatable bonds is 4. The predicted octanol–water partition coefficient (Wildman–Crippen LogP) is 0.750. The predicted molar refractivity (Wildman–Crippen MR) is 60.9 cm³/mol. The number of hydrogen-bond donors (Lipinski definition) is 1. The standard InChI is InChI=1S/C8H10BrN3O4/c1-2-3-11-5(4-9)6(12(15)16)7(13)10-8(11)14/h2-4H2,1H3,(H,10,13,14). The molecule has 0 aliphatic carbocycles. The van der Waals surface area contributed by atoms with E-state index in [1.54, 1.807) is 0 Å². The van der Waals surface area contributed by atoms with Gasteiger partial charge < -0.3 is 0 Å². The van der Waals surface area contributed by atoms with Crippen LogP contribution in [0.4, 0.5) is 5.69 Å². The van der Waals surface area contributed by atoms with Gasteiger partial charge >= 0.3 is 16.9 Å². The Morgan fingerprint density at radius 3 is 2.56 bits per heavy atom. The highest BCUT2D eigenvalue weighted by Gasteiger charge is 2.23. The number of nitro groups is 1. The van der Waals surface area contributed by atoms with Crippen LogP contribution in [-0.4, -0.2) is 14.5 Å². The number of nitrogens with one attached hydrogen (secondary N) is 1. The number of hydrogen-bond acceptors (Lipinski definition) is 4. The van der Waals surface area contributed by atoms with Crippen LogP contribution in [0.25, 0.3) is 0 Å². The molecule has 0 bridgehead atoms. The summed E-state index contributed by atoms with van der Waals surface area (Å²) in [6.07, 6.45) is 0.642. The molecule has 0 unspecified atom stereocenters. The molecule has 0 aromatic carbocycles. The molecule has 0 fully saturated rings. The first-order valence-electron chi connectivity index (χ1n) is 4.59. The van der Waals surface area contributed by atoms with Crippen molar-refractivity contribution in [1.82, 2.24) is 9.55 Å². The van der Waals surface area contributed by atoms with E-state index in [2.05, 4.69) is 15.9 Å². The molecule has 0 spiro atoms. The van der Waals surface area contributed by atoms with Crippen molar-refractivity contribution in [2.75, 3.05) is 0 Å². The second-order valence-corrected chi connectivity index (χ2v) is 3.66. The van der Waals surface area contributed by atoms with E-state index in [1.807, 2.05) is 11.9 Å². The first-order chi connectivity index (χ1) is 7.52. The first kappa shape index (κ1) is 12.6. The third kappa shape index (κ3) is 2.21. The summed E-state index contributed by atoms with van der Waals surface area (Å²) in [4.78, 5) is 34.6. The number of aromatic amines is 1. The monoisotopic (exact) mass is 291 g/mol. The summed E-state index contributed by atoms with van der Waals surface area (Å²) in [6.45, 7) is 2.17. The minimum atomic E-state index is -0.961. The van der Waals surface area contributed by atoms with Crippen molar-refractivity contribution in [2.24, 2.45) is 0 Å². The Hall–Kier alpha value is -1.44. The lowest BCUT2D eigenvalue weighted by Crippen LogP contribution is -2.34. The highest BCUT2D eigenvalue weighted by molar-refractivity contribution is 9.08. The van der Waals surface area contributed by atoms with Crippen molar-refractivity contribution in [3.8, 4) is 0 Å². The molecule has 1 N–H and O–H groups in total. The van der Waals surface area contributed by atoms with Gasteiger partial charge in [-0.15, -0.1) is 0 Å². The van der Waals surface area contributed by atoms with E-state index >= 15 is 0 Å². The van der Waals surface area contributed by atoms with Gasteiger partial charge in [-0.05, 0) is 6.42 Å². The number of alkyl halides is 1. The molecule has 1 aromatic heterocycles. The SMILES string of the molecule is CCCn1c(CBr)c([N+](=O)[O-])c(=O)[nH]c1=O. The zero-order chi connectivity index (χ0) is 12.3. The highest BCUT2D eigenvalue weighted by Crippen LogP contribution is 2.14. The number of aromatic nitrogens is 2. The minimum Gasteiger partial charge on any atom is -0.290 e. The third-order valence-corrected chi connectivity index (χ3v) is 2.57. The molecule has 0 aliphatic rings. The van der Waals surface area contributed by atoms with E-state index < -0.39 is 21.9 Å². The fraction of sp³-hybridized carbons (Fsp3) is 0.500. The maximum absolute atomic E-state index is 11.4. The molecule has 8 heteroatoms. The number of halogens is 1. The summed E-state index contributed by atoms with van der Waals surface area (Å²) >= 11 is 3.05. The van der Waals surface area contributed by atoms with Gasteiger partial charge in [0, 0.05) is 6.54 Å². The van der Waals surface area contributed by atoms with Crippen LogP contribution < -0.4 is 11.2 Å². The zero-order valence-corrected chi connectivity index (χ0v) is 10.1. The Morgan fingerprint density at radius 2 is 2.12 bits per heavy atom. The van der Waals surface area contributed by atoms with Crippen molar-refractivity contribution in [2.45, 2.75) is 25.2 Å². The van der Waals surface area contributed by atoms with Gasteiger partial charge in [0.2, 0.25) is 0 Å². The molecule has 0 radical (unpaired) electrons. The quantitative estimate of drug-likeness (QED) is 0.503. The van der Waals surface area contributed by atoms with E-state index in [1.165, 1.54) is 4.57 Å². The maximum Gasteiger partial charge on any atom is 0.354 e. The summed E-state index contributed by atoms with van der Waals surface area (Å²) in [5, 5.41) is 10.8. The van der Waals surface area contributed by atoms with Crippen molar-refractivity contribution in [3.63, 3.8) is 0 Å². The molecular formula is C8H10BrN3O4. The van der Waals surface area contributed by atoms with Gasteiger partial charge in [0.05, 0.1) is 10.3 Å². The molecule has 0 amide bonds. The fourth-order valence-corrected chi connectivity index (χ4v) is 1.96. The molecular weight excluding hydrogens is 282 g/mol. The van der Waals surface area contributed by atoms with Gasteiger partial charge in [-0.1, -0.05) is 22.9 Å². The van der Waals surface area contributed by atoms with Gasteiger partial charge in [0.25, 0.3) is 0 Å². The van der Waals surface area contributed by atoms with Crippen LogP contribution in [0.15, 0.2) is 9.59 Å². The lowest BCUT2D eigenvalue weighted by molar-refractivity contribution is -0.387. The van der Waals surface area contributed by atoms with Crippen LogP contribution in [0.3, 0.4) is 0 Å². The van der Waals surface area contributed by atoms with Crippen LogP contribution in [0.5, 0.6) is 0 Å². The summed E-state index contributed by atoms with van der Waals surface area (Å²) in [7, 11) is 0. The average molecular weight is 292 g/mol. The van der Waals surface area contributed by atoms with Crippen molar-refractivity contribution < 1.29 is 4.92 Å². The number of nitrogens with zero attached hydrogens (tertiary/aromatic N) is 2. The molecule has 1 rings (SSSR count). The summed E-state index contributed by atoms with van der Waals surface area (Å²) in [6, 6.07) is 0. The summed E-state index contributed by atoms with van der Waals surface area (Å²) in [5.41, 5.74) is -2.06. The van der Waals surface area contributed by atoms with Crippen molar-refractivity contribution >= 4 is 21.6 Å². The summed E-state index contributed by atoms with van der Waals surface area (Å²) < 4.78 is 1.20. The molecule has 88 valence electrons. The Labute approximate surface area is 98.4 Å². The third-order valence-electron chi connectivity index (χ3n) is 2.04. The molecule has 0 aliphatic heterocycles. The lowest BCUT2D eigenvalue weighted by Gasteiger charge is -2.08. The molecule has 0 atom stereocenters. The van der Waals surface area contributed by atoms with Crippen LogP contribution in [0.2, 0.25) is 0 Å². The molecule has 0 saturated heterocycles. The smallest absolute Gasteiger partial charge is 0.290 e. The second kappa shape index (κ2) is 5.06. The van der Waals surface area contributed by atoms with Gasteiger partial charge in [-0.2, -0.15) is 0 Å². The molecule has 16 heavy (non-hydrogen) atoms. The average Bonchev–Trinajstić information content (AvgIpc) is 2.20. The fourth-order valence-electron chi connectivity index (χ4n) is 1.39. The van der Waals surface area contributed by atoms with Gasteiger partial charge in [-0.3, -0.25) is 24.5 Å². The minimum absolute atomic E-state index is 0.0858.